The molecule has 4 nitrogen and oxygen atoms in total. The summed E-state index contributed by atoms with van der Waals surface area (Å²) in [6, 6.07) is 7.74. The predicted molar refractivity (Wildman–Crippen MR) is 53.5 cm³/mol. The van der Waals surface area contributed by atoms with Crippen molar-refractivity contribution < 1.29 is 0 Å². The monoisotopic (exact) mass is 189 g/mol. The molecule has 1 heterocycles. The summed E-state index contributed by atoms with van der Waals surface area (Å²) < 4.78 is 2.82. The lowest BCUT2D eigenvalue weighted by atomic mass is 10.2. The molecule has 0 radical (unpaired) electrons. The van der Waals surface area contributed by atoms with E-state index in [1.807, 2.05) is 31.2 Å². The Labute approximate surface area is 81.4 Å². The molecule has 0 aliphatic heterocycles. The van der Waals surface area contributed by atoms with Crippen LogP contribution >= 0.6 is 0 Å². The zero-order valence-corrected chi connectivity index (χ0v) is 8.14. The first-order valence-corrected chi connectivity index (χ1v) is 4.36. The lowest BCUT2D eigenvalue weighted by Crippen LogP contribution is -2.21. The summed E-state index contributed by atoms with van der Waals surface area (Å²) in [6.45, 7) is 2.01. The van der Waals surface area contributed by atoms with Crippen molar-refractivity contribution in [2.75, 3.05) is 0 Å². The van der Waals surface area contributed by atoms with Crippen LogP contribution in [0.2, 0.25) is 0 Å². The number of rotatable bonds is 1. The van der Waals surface area contributed by atoms with Crippen LogP contribution in [0.4, 0.5) is 0 Å². The Morgan fingerprint density at radius 3 is 2.36 bits per heavy atom. The summed E-state index contributed by atoms with van der Waals surface area (Å²) in [5, 5.41) is 3.88. The molecule has 0 aliphatic carbocycles. The molecule has 0 amide bonds. The highest BCUT2D eigenvalue weighted by Gasteiger charge is 2.02. The van der Waals surface area contributed by atoms with E-state index >= 15 is 0 Å². The molecule has 14 heavy (non-hydrogen) atoms. The molecule has 1 aromatic heterocycles. The first-order valence-electron chi connectivity index (χ1n) is 4.36. The molecule has 72 valence electrons. The van der Waals surface area contributed by atoms with E-state index in [9.17, 15) is 4.79 Å². The summed E-state index contributed by atoms with van der Waals surface area (Å²) >= 11 is 0. The van der Waals surface area contributed by atoms with Gasteiger partial charge in [0.25, 0.3) is 0 Å². The minimum atomic E-state index is -0.131. The Balaban J connectivity index is 2.55. The SMILES string of the molecule is Cc1ccc(-n2cnn(C)c2=O)cc1. The Morgan fingerprint density at radius 2 is 1.86 bits per heavy atom. The molecule has 0 saturated carbocycles. The third-order valence-corrected chi connectivity index (χ3v) is 2.14. The second-order valence-corrected chi connectivity index (χ2v) is 3.24. The molecule has 0 unspecified atom stereocenters. The second-order valence-electron chi connectivity index (χ2n) is 3.24. The minimum absolute atomic E-state index is 0.131. The van der Waals surface area contributed by atoms with Gasteiger partial charge in [-0.15, -0.1) is 0 Å². The van der Waals surface area contributed by atoms with Crippen molar-refractivity contribution in [1.82, 2.24) is 14.3 Å². The van der Waals surface area contributed by atoms with E-state index in [1.54, 1.807) is 7.05 Å². The van der Waals surface area contributed by atoms with Gasteiger partial charge in [0.1, 0.15) is 6.33 Å². The van der Waals surface area contributed by atoms with E-state index in [2.05, 4.69) is 5.10 Å². The molecule has 0 N–H and O–H groups in total. The van der Waals surface area contributed by atoms with Gasteiger partial charge in [0, 0.05) is 7.05 Å². The second kappa shape index (κ2) is 3.14. The number of aryl methyl sites for hydroxylation is 2. The van der Waals surface area contributed by atoms with Crippen LogP contribution in [0.15, 0.2) is 35.4 Å². The van der Waals surface area contributed by atoms with Crippen molar-refractivity contribution >= 4 is 0 Å². The van der Waals surface area contributed by atoms with Crippen molar-refractivity contribution in [3.05, 3.63) is 46.6 Å². The molecule has 0 fully saturated rings. The van der Waals surface area contributed by atoms with Crippen molar-refractivity contribution in [2.45, 2.75) is 6.92 Å². The molecule has 2 aromatic rings. The van der Waals surface area contributed by atoms with E-state index < -0.39 is 0 Å². The molecule has 4 heteroatoms. The highest BCUT2D eigenvalue weighted by atomic mass is 16.2. The van der Waals surface area contributed by atoms with Gasteiger partial charge >= 0.3 is 5.69 Å². The molecule has 2 rings (SSSR count). The van der Waals surface area contributed by atoms with Crippen LogP contribution in [0, 0.1) is 6.92 Å². The van der Waals surface area contributed by atoms with Crippen molar-refractivity contribution in [3.8, 4) is 5.69 Å². The van der Waals surface area contributed by atoms with E-state index in [4.69, 9.17) is 0 Å². The summed E-state index contributed by atoms with van der Waals surface area (Å²) in [7, 11) is 1.63. The third kappa shape index (κ3) is 1.35. The molecule has 1 aromatic carbocycles. The van der Waals surface area contributed by atoms with Gasteiger partial charge in [-0.3, -0.25) is 0 Å². The molecule has 0 aliphatic rings. The van der Waals surface area contributed by atoms with Gasteiger partial charge in [-0.05, 0) is 19.1 Å². The maximum atomic E-state index is 11.5. The molecular formula is C10H11N3O. The Morgan fingerprint density at radius 1 is 1.21 bits per heavy atom. The fourth-order valence-corrected chi connectivity index (χ4v) is 1.27. The number of hydrogen-bond donors (Lipinski definition) is 0. The highest BCUT2D eigenvalue weighted by Crippen LogP contribution is 2.05. The van der Waals surface area contributed by atoms with Crippen LogP contribution in [0.25, 0.3) is 5.69 Å². The van der Waals surface area contributed by atoms with Crippen LogP contribution in [0.3, 0.4) is 0 Å². The Bertz CT molecular complexity index is 493. The topological polar surface area (TPSA) is 39.8 Å². The molecule has 0 saturated heterocycles. The van der Waals surface area contributed by atoms with Gasteiger partial charge in [-0.25, -0.2) is 14.0 Å². The molecule has 0 spiro atoms. The molecule has 0 atom stereocenters. The third-order valence-electron chi connectivity index (χ3n) is 2.14. The average Bonchev–Trinajstić information content (AvgIpc) is 2.50. The number of benzene rings is 1. The highest BCUT2D eigenvalue weighted by molar-refractivity contribution is 5.33. The van der Waals surface area contributed by atoms with Gasteiger partial charge < -0.3 is 0 Å². The quantitative estimate of drug-likeness (QED) is 0.668. The number of hydrogen-bond acceptors (Lipinski definition) is 2. The maximum absolute atomic E-state index is 11.5. The minimum Gasteiger partial charge on any atom is -0.250 e. The van der Waals surface area contributed by atoms with E-state index in [-0.39, 0.29) is 5.69 Å². The molecular weight excluding hydrogens is 178 g/mol. The van der Waals surface area contributed by atoms with Crippen LogP contribution in [-0.2, 0) is 7.05 Å². The first-order chi connectivity index (χ1) is 6.68. The maximum Gasteiger partial charge on any atom is 0.350 e. The van der Waals surface area contributed by atoms with Gasteiger partial charge in [0.2, 0.25) is 0 Å². The summed E-state index contributed by atoms with van der Waals surface area (Å²) in [5.74, 6) is 0. The fourth-order valence-electron chi connectivity index (χ4n) is 1.27. The van der Waals surface area contributed by atoms with Crippen LogP contribution in [-0.4, -0.2) is 14.3 Å². The van der Waals surface area contributed by atoms with Crippen molar-refractivity contribution in [3.63, 3.8) is 0 Å². The molecule has 0 bridgehead atoms. The lowest BCUT2D eigenvalue weighted by Gasteiger charge is -1.99. The first kappa shape index (κ1) is 8.74. The van der Waals surface area contributed by atoms with Gasteiger partial charge in [0.15, 0.2) is 0 Å². The summed E-state index contributed by atoms with van der Waals surface area (Å²) in [4.78, 5) is 11.5. The number of aromatic nitrogens is 3. The fraction of sp³-hybridized carbons (Fsp3) is 0.200. The van der Waals surface area contributed by atoms with E-state index in [0.29, 0.717) is 0 Å². The Kier molecular flexibility index (Phi) is 1.96. The number of nitrogens with zero attached hydrogens (tertiary/aromatic N) is 3. The zero-order valence-electron chi connectivity index (χ0n) is 8.14. The standard InChI is InChI=1S/C10H11N3O/c1-8-3-5-9(6-4-8)13-7-11-12(2)10(13)14/h3-7H,1-2H3. The van der Waals surface area contributed by atoms with Gasteiger partial charge in [-0.2, -0.15) is 5.10 Å². The van der Waals surface area contributed by atoms with Gasteiger partial charge in [0.05, 0.1) is 5.69 Å². The van der Waals surface area contributed by atoms with Crippen molar-refractivity contribution in [1.29, 1.82) is 0 Å². The zero-order chi connectivity index (χ0) is 10.1. The summed E-state index contributed by atoms with van der Waals surface area (Å²) in [5.41, 5.74) is 1.88. The van der Waals surface area contributed by atoms with E-state index in [1.165, 1.54) is 21.1 Å². The van der Waals surface area contributed by atoms with Crippen LogP contribution < -0.4 is 5.69 Å². The Hall–Kier alpha value is -1.84. The lowest BCUT2D eigenvalue weighted by molar-refractivity contribution is 0.726. The predicted octanol–water partition coefficient (Wildman–Crippen LogP) is 0.879. The van der Waals surface area contributed by atoms with Crippen molar-refractivity contribution in [2.24, 2.45) is 7.05 Å². The smallest absolute Gasteiger partial charge is 0.250 e. The van der Waals surface area contributed by atoms with Gasteiger partial charge in [-0.1, -0.05) is 17.7 Å². The normalized spacial score (nSPS) is 10.4. The average molecular weight is 189 g/mol. The largest absolute Gasteiger partial charge is 0.350 e. The summed E-state index contributed by atoms with van der Waals surface area (Å²) in [6.07, 6.45) is 1.52. The van der Waals surface area contributed by atoms with Crippen LogP contribution in [0.1, 0.15) is 5.56 Å². The van der Waals surface area contributed by atoms with Crippen LogP contribution in [0.5, 0.6) is 0 Å². The van der Waals surface area contributed by atoms with E-state index in [0.717, 1.165) is 5.69 Å².